The van der Waals surface area contributed by atoms with Crippen LogP contribution in [0.15, 0.2) is 24.3 Å². The molecule has 1 saturated heterocycles. The zero-order valence-electron chi connectivity index (χ0n) is 11.1. The van der Waals surface area contributed by atoms with Crippen molar-refractivity contribution in [2.45, 2.75) is 19.4 Å². The molecule has 6 heteroatoms. The summed E-state index contributed by atoms with van der Waals surface area (Å²) in [4.78, 5) is 4.54. The van der Waals surface area contributed by atoms with E-state index in [9.17, 15) is 8.42 Å². The minimum absolute atomic E-state index is 0.183. The van der Waals surface area contributed by atoms with Gasteiger partial charge in [0.05, 0.1) is 23.3 Å². The van der Waals surface area contributed by atoms with Crippen molar-refractivity contribution in [3.63, 3.8) is 0 Å². The van der Waals surface area contributed by atoms with E-state index in [-0.39, 0.29) is 6.04 Å². The number of nitrogens with zero attached hydrogens (tertiary/aromatic N) is 3. The van der Waals surface area contributed by atoms with E-state index in [2.05, 4.69) is 9.55 Å². The summed E-state index contributed by atoms with van der Waals surface area (Å²) < 4.78 is 26.9. The Balaban J connectivity index is 2.00. The lowest BCUT2D eigenvalue weighted by Crippen LogP contribution is -2.28. The predicted molar refractivity (Wildman–Crippen MR) is 74.5 cm³/mol. The first-order valence-corrected chi connectivity index (χ1v) is 8.20. The van der Waals surface area contributed by atoms with Gasteiger partial charge in [-0.3, -0.25) is 0 Å². The van der Waals surface area contributed by atoms with Crippen LogP contribution in [0, 0.1) is 6.92 Å². The summed E-state index contributed by atoms with van der Waals surface area (Å²) in [6.07, 6.45) is 2.11. The predicted octanol–water partition coefficient (Wildman–Crippen LogP) is 1.55. The molecule has 0 spiro atoms. The molecule has 1 atom stereocenters. The second kappa shape index (κ2) is 4.31. The van der Waals surface area contributed by atoms with Gasteiger partial charge in [0.25, 0.3) is 0 Å². The largest absolute Gasteiger partial charge is 0.324 e. The standard InChI is InChI=1S/C13H17N3O2S/c1-10-14-12-5-3-4-6-13(12)16(10)11-7-8-15(9-11)19(2,17)18/h3-6,11H,7-9H2,1-2H3/t11-/m0/s1. The van der Waals surface area contributed by atoms with E-state index >= 15 is 0 Å². The molecule has 2 aromatic rings. The van der Waals surface area contributed by atoms with Crippen molar-refractivity contribution in [3.05, 3.63) is 30.1 Å². The minimum Gasteiger partial charge on any atom is -0.324 e. The van der Waals surface area contributed by atoms with Gasteiger partial charge >= 0.3 is 0 Å². The second-order valence-corrected chi connectivity index (χ2v) is 7.06. The summed E-state index contributed by atoms with van der Waals surface area (Å²) in [5, 5.41) is 0. The number of sulfonamides is 1. The number of imidazole rings is 1. The molecule has 0 unspecified atom stereocenters. The van der Waals surface area contributed by atoms with E-state index in [1.54, 1.807) is 4.31 Å². The third kappa shape index (κ3) is 2.15. The Morgan fingerprint density at radius 3 is 2.74 bits per heavy atom. The van der Waals surface area contributed by atoms with E-state index in [1.165, 1.54) is 6.26 Å². The molecule has 3 rings (SSSR count). The molecule has 0 aliphatic carbocycles. The Kier molecular flexibility index (Phi) is 2.87. The third-order valence-electron chi connectivity index (χ3n) is 3.73. The molecule has 2 heterocycles. The third-order valence-corrected chi connectivity index (χ3v) is 5.00. The summed E-state index contributed by atoms with van der Waals surface area (Å²) >= 11 is 0. The van der Waals surface area contributed by atoms with Gasteiger partial charge in [-0.05, 0) is 25.5 Å². The number of fused-ring (bicyclic) bond motifs is 1. The SMILES string of the molecule is Cc1nc2ccccc2n1[C@H]1CCN(S(C)(=O)=O)C1. The van der Waals surface area contributed by atoms with Crippen molar-refractivity contribution in [2.24, 2.45) is 0 Å². The summed E-state index contributed by atoms with van der Waals surface area (Å²) in [6.45, 7) is 3.11. The maximum atomic E-state index is 11.6. The number of aromatic nitrogens is 2. The average molecular weight is 279 g/mol. The van der Waals surface area contributed by atoms with Gasteiger partial charge in [0.15, 0.2) is 0 Å². The van der Waals surface area contributed by atoms with Gasteiger partial charge in [0.1, 0.15) is 5.82 Å². The highest BCUT2D eigenvalue weighted by Gasteiger charge is 2.31. The molecule has 5 nitrogen and oxygen atoms in total. The van der Waals surface area contributed by atoms with Gasteiger partial charge < -0.3 is 4.57 Å². The van der Waals surface area contributed by atoms with E-state index in [0.29, 0.717) is 13.1 Å². The Morgan fingerprint density at radius 2 is 2.05 bits per heavy atom. The summed E-state index contributed by atoms with van der Waals surface area (Å²) in [5.41, 5.74) is 2.05. The molecule has 1 aliphatic heterocycles. The molecule has 1 fully saturated rings. The highest BCUT2D eigenvalue weighted by molar-refractivity contribution is 7.88. The summed E-state index contributed by atoms with van der Waals surface area (Å²) in [6, 6.07) is 8.17. The molecule has 1 aliphatic rings. The van der Waals surface area contributed by atoms with Gasteiger partial charge in [-0.25, -0.2) is 17.7 Å². The number of para-hydroxylation sites is 2. The normalized spacial score (nSPS) is 21.3. The van der Waals surface area contributed by atoms with Crippen LogP contribution in [-0.2, 0) is 10.0 Å². The fourth-order valence-electron chi connectivity index (χ4n) is 2.85. The number of hydrogen-bond donors (Lipinski definition) is 0. The molecular weight excluding hydrogens is 262 g/mol. The first-order valence-electron chi connectivity index (χ1n) is 6.35. The minimum atomic E-state index is -3.09. The Morgan fingerprint density at radius 1 is 1.32 bits per heavy atom. The fraction of sp³-hybridized carbons (Fsp3) is 0.462. The topological polar surface area (TPSA) is 55.2 Å². The zero-order chi connectivity index (χ0) is 13.6. The fourth-order valence-corrected chi connectivity index (χ4v) is 3.73. The van der Waals surface area contributed by atoms with Crippen molar-refractivity contribution >= 4 is 21.1 Å². The smallest absolute Gasteiger partial charge is 0.211 e. The molecule has 0 radical (unpaired) electrons. The van der Waals surface area contributed by atoms with Crippen LogP contribution in [0.2, 0.25) is 0 Å². The molecular formula is C13H17N3O2S. The molecule has 1 aromatic carbocycles. The lowest BCUT2D eigenvalue weighted by molar-refractivity contribution is 0.456. The molecule has 0 N–H and O–H groups in total. The van der Waals surface area contributed by atoms with E-state index in [4.69, 9.17) is 0 Å². The Bertz CT molecular complexity index is 721. The van der Waals surface area contributed by atoms with Crippen LogP contribution >= 0.6 is 0 Å². The monoisotopic (exact) mass is 279 g/mol. The van der Waals surface area contributed by atoms with Crippen molar-refractivity contribution in [3.8, 4) is 0 Å². The van der Waals surface area contributed by atoms with Crippen LogP contribution in [0.1, 0.15) is 18.3 Å². The van der Waals surface area contributed by atoms with Crippen LogP contribution < -0.4 is 0 Å². The number of benzene rings is 1. The van der Waals surface area contributed by atoms with E-state index < -0.39 is 10.0 Å². The number of hydrogen-bond acceptors (Lipinski definition) is 3. The Hall–Kier alpha value is -1.40. The van der Waals surface area contributed by atoms with Crippen LogP contribution in [-0.4, -0.2) is 41.6 Å². The Labute approximate surface area is 112 Å². The van der Waals surface area contributed by atoms with Gasteiger partial charge in [-0.1, -0.05) is 12.1 Å². The van der Waals surface area contributed by atoms with Crippen LogP contribution in [0.5, 0.6) is 0 Å². The van der Waals surface area contributed by atoms with E-state index in [1.807, 2.05) is 31.2 Å². The van der Waals surface area contributed by atoms with Crippen LogP contribution in [0.25, 0.3) is 11.0 Å². The lowest BCUT2D eigenvalue weighted by Gasteiger charge is -2.16. The highest BCUT2D eigenvalue weighted by Crippen LogP contribution is 2.28. The van der Waals surface area contributed by atoms with Crippen molar-refractivity contribution in [2.75, 3.05) is 19.3 Å². The zero-order valence-corrected chi connectivity index (χ0v) is 11.9. The maximum Gasteiger partial charge on any atom is 0.211 e. The lowest BCUT2D eigenvalue weighted by atomic mass is 10.2. The van der Waals surface area contributed by atoms with E-state index in [0.717, 1.165) is 23.3 Å². The van der Waals surface area contributed by atoms with Gasteiger partial charge in [0, 0.05) is 13.1 Å². The highest BCUT2D eigenvalue weighted by atomic mass is 32.2. The number of rotatable bonds is 2. The molecule has 0 bridgehead atoms. The van der Waals surface area contributed by atoms with Crippen molar-refractivity contribution < 1.29 is 8.42 Å². The second-order valence-electron chi connectivity index (χ2n) is 5.08. The average Bonchev–Trinajstić information content (AvgIpc) is 2.90. The van der Waals surface area contributed by atoms with Crippen LogP contribution in [0.4, 0.5) is 0 Å². The van der Waals surface area contributed by atoms with Crippen molar-refractivity contribution in [1.82, 2.24) is 13.9 Å². The maximum absolute atomic E-state index is 11.6. The molecule has 19 heavy (non-hydrogen) atoms. The quantitative estimate of drug-likeness (QED) is 0.838. The summed E-state index contributed by atoms with van der Waals surface area (Å²) in [5.74, 6) is 0.946. The molecule has 0 amide bonds. The van der Waals surface area contributed by atoms with Gasteiger partial charge in [-0.15, -0.1) is 0 Å². The van der Waals surface area contributed by atoms with Gasteiger partial charge in [0.2, 0.25) is 10.0 Å². The van der Waals surface area contributed by atoms with Crippen molar-refractivity contribution in [1.29, 1.82) is 0 Å². The summed E-state index contributed by atoms with van der Waals surface area (Å²) in [7, 11) is -3.09. The number of aryl methyl sites for hydroxylation is 1. The first kappa shape index (κ1) is 12.6. The molecule has 0 saturated carbocycles. The van der Waals surface area contributed by atoms with Gasteiger partial charge in [-0.2, -0.15) is 0 Å². The first-order chi connectivity index (χ1) is 8.97. The molecule has 1 aromatic heterocycles. The van der Waals surface area contributed by atoms with Crippen LogP contribution in [0.3, 0.4) is 0 Å². The molecule has 102 valence electrons.